The third kappa shape index (κ3) is 3.62. The van der Waals surface area contributed by atoms with E-state index >= 15 is 0 Å². The molecule has 2 rings (SSSR count). The summed E-state index contributed by atoms with van der Waals surface area (Å²) in [6, 6.07) is 9.32. The van der Waals surface area contributed by atoms with Crippen LogP contribution in [0.25, 0.3) is 0 Å². The Morgan fingerprint density at radius 2 is 1.88 bits per heavy atom. The van der Waals surface area contributed by atoms with Crippen molar-refractivity contribution in [3.8, 4) is 17.2 Å². The fraction of sp³-hybridized carbons (Fsp3) is 0.235. The monoisotopic (exact) mass is 331 g/mol. The lowest BCUT2D eigenvalue weighted by Crippen LogP contribution is -2.13. The summed E-state index contributed by atoms with van der Waals surface area (Å²) < 4.78 is 15.7. The summed E-state index contributed by atoms with van der Waals surface area (Å²) in [5.74, 6) is 0.933. The Balaban J connectivity index is 2.17. The van der Waals surface area contributed by atoms with E-state index < -0.39 is 4.92 Å². The second-order valence-electron chi connectivity index (χ2n) is 4.94. The lowest BCUT2D eigenvalue weighted by molar-refractivity contribution is -0.385. The normalized spacial score (nSPS) is 10.1. The number of nitrogens with zero attached hydrogens (tertiary/aromatic N) is 1. The number of benzene rings is 2. The van der Waals surface area contributed by atoms with E-state index in [0.717, 1.165) is 0 Å². The van der Waals surface area contributed by atoms with Crippen molar-refractivity contribution in [1.82, 2.24) is 0 Å². The number of ketones is 1. The summed E-state index contributed by atoms with van der Waals surface area (Å²) >= 11 is 0. The van der Waals surface area contributed by atoms with Crippen LogP contribution in [0.4, 0.5) is 5.69 Å². The van der Waals surface area contributed by atoms with Gasteiger partial charge in [-0.3, -0.25) is 14.9 Å². The van der Waals surface area contributed by atoms with E-state index in [2.05, 4.69) is 0 Å². The summed E-state index contributed by atoms with van der Waals surface area (Å²) in [4.78, 5) is 22.8. The van der Waals surface area contributed by atoms with Gasteiger partial charge in [0.1, 0.15) is 17.2 Å². The van der Waals surface area contributed by atoms with Gasteiger partial charge in [-0.1, -0.05) is 6.07 Å². The molecule has 0 aliphatic carbocycles. The maximum atomic E-state index is 12.3. The molecule has 0 aliphatic heterocycles. The Hall–Kier alpha value is -3.09. The summed E-state index contributed by atoms with van der Waals surface area (Å²) in [5, 5.41) is 10.9. The second-order valence-corrected chi connectivity index (χ2v) is 4.94. The number of hydrogen-bond acceptors (Lipinski definition) is 6. The van der Waals surface area contributed by atoms with E-state index in [4.69, 9.17) is 14.2 Å². The van der Waals surface area contributed by atoms with Gasteiger partial charge in [0.05, 0.1) is 30.3 Å². The van der Waals surface area contributed by atoms with Gasteiger partial charge in [-0.15, -0.1) is 0 Å². The average molecular weight is 331 g/mol. The topological polar surface area (TPSA) is 87.9 Å². The first-order valence-corrected chi connectivity index (χ1v) is 7.10. The molecule has 0 N–H and O–H groups in total. The first-order chi connectivity index (χ1) is 11.5. The highest BCUT2D eigenvalue weighted by molar-refractivity contribution is 6.00. The first-order valence-electron chi connectivity index (χ1n) is 7.10. The number of Topliss-reactive ketones (excluding diaryl/α,β-unsaturated/α-hetero) is 1. The van der Waals surface area contributed by atoms with Crippen LogP contribution in [0.5, 0.6) is 17.2 Å². The van der Waals surface area contributed by atoms with Gasteiger partial charge in [-0.05, 0) is 25.1 Å². The van der Waals surface area contributed by atoms with Crippen molar-refractivity contribution in [2.75, 3.05) is 20.8 Å². The molecule has 0 aromatic heterocycles. The minimum Gasteiger partial charge on any atom is -0.497 e. The van der Waals surface area contributed by atoms with E-state index in [-0.39, 0.29) is 18.1 Å². The molecular weight excluding hydrogens is 314 g/mol. The molecule has 2 aromatic carbocycles. The molecule has 0 fully saturated rings. The lowest BCUT2D eigenvalue weighted by Gasteiger charge is -2.11. The maximum Gasteiger partial charge on any atom is 0.276 e. The van der Waals surface area contributed by atoms with Crippen LogP contribution >= 0.6 is 0 Å². The smallest absolute Gasteiger partial charge is 0.276 e. The van der Waals surface area contributed by atoms with E-state index in [0.29, 0.717) is 28.4 Å². The van der Waals surface area contributed by atoms with E-state index in [9.17, 15) is 14.9 Å². The average Bonchev–Trinajstić information content (AvgIpc) is 2.59. The summed E-state index contributed by atoms with van der Waals surface area (Å²) in [6.45, 7) is 1.32. The summed E-state index contributed by atoms with van der Waals surface area (Å²) in [7, 11) is 2.97. The van der Waals surface area contributed by atoms with Gasteiger partial charge in [-0.2, -0.15) is 0 Å². The highest BCUT2D eigenvalue weighted by atomic mass is 16.6. The molecule has 0 aliphatic rings. The molecule has 0 atom stereocenters. The number of nitro benzene ring substituents is 1. The van der Waals surface area contributed by atoms with Crippen molar-refractivity contribution < 1.29 is 23.9 Å². The molecule has 7 nitrogen and oxygen atoms in total. The number of ether oxygens (including phenoxy) is 3. The van der Waals surface area contributed by atoms with Crippen LogP contribution in [-0.2, 0) is 0 Å². The zero-order chi connectivity index (χ0) is 17.7. The van der Waals surface area contributed by atoms with Gasteiger partial charge in [0, 0.05) is 12.1 Å². The lowest BCUT2D eigenvalue weighted by atomic mass is 10.1. The van der Waals surface area contributed by atoms with Crippen LogP contribution < -0.4 is 14.2 Å². The van der Waals surface area contributed by atoms with Crippen molar-refractivity contribution >= 4 is 11.5 Å². The van der Waals surface area contributed by atoms with Gasteiger partial charge in [0.25, 0.3) is 5.69 Å². The highest BCUT2D eigenvalue weighted by Gasteiger charge is 2.17. The van der Waals surface area contributed by atoms with Crippen LogP contribution in [0.1, 0.15) is 15.9 Å². The first kappa shape index (κ1) is 17.3. The summed E-state index contributed by atoms with van der Waals surface area (Å²) in [5.41, 5.74) is 0.667. The number of carbonyl (C=O) groups excluding carboxylic acids is 1. The van der Waals surface area contributed by atoms with Crippen LogP contribution in [0.2, 0.25) is 0 Å². The minimum atomic E-state index is -0.490. The highest BCUT2D eigenvalue weighted by Crippen LogP contribution is 2.28. The van der Waals surface area contributed by atoms with Gasteiger partial charge in [0.15, 0.2) is 6.61 Å². The molecule has 0 radical (unpaired) electrons. The zero-order valence-electron chi connectivity index (χ0n) is 13.6. The van der Waals surface area contributed by atoms with Crippen molar-refractivity contribution in [1.29, 1.82) is 0 Å². The fourth-order valence-electron chi connectivity index (χ4n) is 2.21. The van der Waals surface area contributed by atoms with Gasteiger partial charge in [0.2, 0.25) is 5.78 Å². The Labute approximate surface area is 138 Å². The SMILES string of the molecule is COc1ccc(C(=O)COc2cccc([N+](=O)[O-])c2C)c(OC)c1. The number of methoxy groups -OCH3 is 2. The van der Waals surface area contributed by atoms with Gasteiger partial charge < -0.3 is 14.2 Å². The molecule has 126 valence electrons. The quantitative estimate of drug-likeness (QED) is 0.440. The van der Waals surface area contributed by atoms with Crippen molar-refractivity contribution in [2.24, 2.45) is 0 Å². The van der Waals surface area contributed by atoms with Crippen molar-refractivity contribution in [3.05, 3.63) is 57.6 Å². The molecular formula is C17H17NO6. The molecule has 2 aromatic rings. The molecule has 0 heterocycles. The third-order valence-corrected chi connectivity index (χ3v) is 3.52. The number of carbonyl (C=O) groups is 1. The zero-order valence-corrected chi connectivity index (χ0v) is 13.6. The Kier molecular flexibility index (Phi) is 5.36. The second kappa shape index (κ2) is 7.45. The summed E-state index contributed by atoms with van der Waals surface area (Å²) in [6.07, 6.45) is 0. The molecule has 7 heteroatoms. The Morgan fingerprint density at radius 1 is 1.12 bits per heavy atom. The Morgan fingerprint density at radius 3 is 2.50 bits per heavy atom. The van der Waals surface area contributed by atoms with Crippen molar-refractivity contribution in [3.63, 3.8) is 0 Å². The molecule has 0 saturated carbocycles. The van der Waals surface area contributed by atoms with Crippen molar-refractivity contribution in [2.45, 2.75) is 6.92 Å². The van der Waals surface area contributed by atoms with Crippen LogP contribution in [0.15, 0.2) is 36.4 Å². The number of hydrogen-bond donors (Lipinski definition) is 0. The van der Waals surface area contributed by atoms with Crippen LogP contribution in [-0.4, -0.2) is 31.5 Å². The van der Waals surface area contributed by atoms with Gasteiger partial charge >= 0.3 is 0 Å². The molecule has 0 spiro atoms. The molecule has 0 amide bonds. The van der Waals surface area contributed by atoms with E-state index in [1.165, 1.54) is 26.4 Å². The molecule has 24 heavy (non-hydrogen) atoms. The molecule has 0 saturated heterocycles. The van der Waals surface area contributed by atoms with Gasteiger partial charge in [-0.25, -0.2) is 0 Å². The minimum absolute atomic E-state index is 0.0537. The van der Waals surface area contributed by atoms with Crippen LogP contribution in [0, 0.1) is 17.0 Å². The predicted octanol–water partition coefficient (Wildman–Crippen LogP) is 3.18. The fourth-order valence-corrected chi connectivity index (χ4v) is 2.21. The van der Waals surface area contributed by atoms with E-state index in [1.807, 2.05) is 0 Å². The largest absolute Gasteiger partial charge is 0.497 e. The third-order valence-electron chi connectivity index (χ3n) is 3.52. The predicted molar refractivity (Wildman–Crippen MR) is 87.2 cm³/mol. The Bertz CT molecular complexity index is 772. The molecule has 0 bridgehead atoms. The molecule has 0 unspecified atom stereocenters. The maximum absolute atomic E-state index is 12.3. The number of rotatable bonds is 7. The standard InChI is InChI=1S/C17H17NO6/c1-11-14(18(20)21)5-4-6-16(11)24-10-15(19)13-8-7-12(22-2)9-17(13)23-3/h4-9H,10H2,1-3H3. The van der Waals surface area contributed by atoms with Crippen LogP contribution in [0.3, 0.4) is 0 Å². The van der Waals surface area contributed by atoms with E-state index in [1.54, 1.807) is 31.2 Å². The number of nitro groups is 1.